The molecule has 0 bridgehead atoms. The quantitative estimate of drug-likeness (QED) is 0.723. The summed E-state index contributed by atoms with van der Waals surface area (Å²) in [5.74, 6) is 0.547. The fourth-order valence-corrected chi connectivity index (χ4v) is 3.15. The highest BCUT2D eigenvalue weighted by molar-refractivity contribution is 7.87. The first-order valence-electron chi connectivity index (χ1n) is 7.99. The summed E-state index contributed by atoms with van der Waals surface area (Å²) in [4.78, 5) is -0.546. The summed E-state index contributed by atoms with van der Waals surface area (Å²) in [5, 5.41) is 3.25. The maximum Gasteiger partial charge on any atom is 0.416 e. The highest BCUT2D eigenvalue weighted by Crippen LogP contribution is 2.31. The molecule has 0 aliphatic heterocycles. The van der Waals surface area contributed by atoms with E-state index in [2.05, 4.69) is 19.2 Å². The third-order valence-corrected chi connectivity index (χ3v) is 4.70. The van der Waals surface area contributed by atoms with Gasteiger partial charge in [0.05, 0.1) is 5.56 Å². The smallest absolute Gasteiger partial charge is 0.379 e. The van der Waals surface area contributed by atoms with Crippen molar-refractivity contribution in [3.8, 4) is 5.75 Å². The van der Waals surface area contributed by atoms with E-state index in [1.807, 2.05) is 0 Å². The van der Waals surface area contributed by atoms with E-state index in [0.29, 0.717) is 18.5 Å². The van der Waals surface area contributed by atoms with Gasteiger partial charge in [0, 0.05) is 6.54 Å². The Labute approximate surface area is 151 Å². The average Bonchev–Trinajstić information content (AvgIpc) is 2.55. The van der Waals surface area contributed by atoms with E-state index >= 15 is 0 Å². The summed E-state index contributed by atoms with van der Waals surface area (Å²) in [7, 11) is -4.35. The van der Waals surface area contributed by atoms with Crippen LogP contribution in [0.4, 0.5) is 13.2 Å². The molecule has 4 nitrogen and oxygen atoms in total. The predicted molar refractivity (Wildman–Crippen MR) is 92.2 cm³/mol. The highest BCUT2D eigenvalue weighted by Gasteiger charge is 2.32. The normalized spacial score (nSPS) is 12.4. The Morgan fingerprint density at radius 1 is 1.08 bits per heavy atom. The molecule has 142 valence electrons. The lowest BCUT2D eigenvalue weighted by Gasteiger charge is -2.11. The molecule has 0 aromatic heterocycles. The Kier molecular flexibility index (Phi) is 6.30. The minimum Gasteiger partial charge on any atom is -0.379 e. The molecule has 2 rings (SSSR count). The Balaban J connectivity index is 2.10. The molecule has 0 unspecified atom stereocenters. The summed E-state index contributed by atoms with van der Waals surface area (Å²) < 4.78 is 67.6. The van der Waals surface area contributed by atoms with Crippen LogP contribution >= 0.6 is 0 Å². The Morgan fingerprint density at radius 3 is 2.31 bits per heavy atom. The third kappa shape index (κ3) is 5.74. The van der Waals surface area contributed by atoms with Crippen molar-refractivity contribution in [2.24, 2.45) is 5.92 Å². The fourth-order valence-electron chi connectivity index (χ4n) is 2.17. The molecule has 0 amide bonds. The molecule has 1 N–H and O–H groups in total. The van der Waals surface area contributed by atoms with Crippen molar-refractivity contribution in [3.63, 3.8) is 0 Å². The van der Waals surface area contributed by atoms with Crippen molar-refractivity contribution in [3.05, 3.63) is 59.7 Å². The third-order valence-electron chi connectivity index (χ3n) is 3.46. The van der Waals surface area contributed by atoms with E-state index in [-0.39, 0.29) is 5.75 Å². The van der Waals surface area contributed by atoms with Crippen LogP contribution in [0, 0.1) is 5.92 Å². The van der Waals surface area contributed by atoms with Gasteiger partial charge in [-0.15, -0.1) is 0 Å². The van der Waals surface area contributed by atoms with E-state index in [4.69, 9.17) is 4.18 Å². The molecule has 0 aliphatic rings. The van der Waals surface area contributed by atoms with Gasteiger partial charge in [0.1, 0.15) is 10.6 Å². The van der Waals surface area contributed by atoms with Crippen molar-refractivity contribution in [1.29, 1.82) is 0 Å². The second kappa shape index (κ2) is 8.09. The summed E-state index contributed by atoms with van der Waals surface area (Å²) in [6.45, 7) is 5.65. The molecule has 0 heterocycles. The van der Waals surface area contributed by atoms with Gasteiger partial charge in [-0.3, -0.25) is 0 Å². The van der Waals surface area contributed by atoms with Crippen LogP contribution in [0.5, 0.6) is 5.75 Å². The van der Waals surface area contributed by atoms with Gasteiger partial charge >= 0.3 is 16.3 Å². The van der Waals surface area contributed by atoms with Gasteiger partial charge in [-0.1, -0.05) is 32.0 Å². The van der Waals surface area contributed by atoms with Crippen molar-refractivity contribution in [1.82, 2.24) is 5.32 Å². The lowest BCUT2D eigenvalue weighted by atomic mass is 10.2. The van der Waals surface area contributed by atoms with Crippen LogP contribution in [0.15, 0.2) is 53.4 Å². The molecule has 0 aliphatic carbocycles. The second-order valence-corrected chi connectivity index (χ2v) is 7.78. The molecule has 8 heteroatoms. The molecule has 0 spiro atoms. The van der Waals surface area contributed by atoms with Crippen molar-refractivity contribution in [2.45, 2.75) is 31.5 Å². The van der Waals surface area contributed by atoms with Crippen molar-refractivity contribution in [2.75, 3.05) is 6.54 Å². The molecule has 26 heavy (non-hydrogen) atoms. The molecule has 2 aromatic carbocycles. The van der Waals surface area contributed by atoms with Crippen LogP contribution in [-0.2, 0) is 22.8 Å². The Morgan fingerprint density at radius 2 is 1.73 bits per heavy atom. The number of nitrogens with one attached hydrogen (secondary N) is 1. The van der Waals surface area contributed by atoms with E-state index in [0.717, 1.165) is 30.3 Å². The minimum absolute atomic E-state index is 0.0371. The number of hydrogen-bond acceptors (Lipinski definition) is 4. The molecular weight excluding hydrogens is 367 g/mol. The van der Waals surface area contributed by atoms with Crippen LogP contribution in [0.2, 0.25) is 0 Å². The maximum absolute atomic E-state index is 12.7. The zero-order chi connectivity index (χ0) is 19.4. The van der Waals surface area contributed by atoms with Gasteiger partial charge in [-0.2, -0.15) is 21.6 Å². The maximum atomic E-state index is 12.7. The zero-order valence-electron chi connectivity index (χ0n) is 14.4. The van der Waals surface area contributed by atoms with Crippen LogP contribution in [0.3, 0.4) is 0 Å². The number of rotatable bonds is 7. The Hall–Kier alpha value is -2.06. The molecule has 2 aromatic rings. The van der Waals surface area contributed by atoms with Gasteiger partial charge < -0.3 is 9.50 Å². The van der Waals surface area contributed by atoms with Gasteiger partial charge in [0.2, 0.25) is 0 Å². The monoisotopic (exact) mass is 387 g/mol. The number of alkyl halides is 3. The number of hydrogen-bond donors (Lipinski definition) is 1. The number of halogens is 3. The summed E-state index contributed by atoms with van der Waals surface area (Å²) >= 11 is 0. The standard InChI is InChI=1S/C18H20F3NO3S/c1-13(2)11-22-12-14-6-8-16(9-7-14)25-26(23,24)17-5-3-4-15(10-17)18(19,20)21/h3-10,13,22H,11-12H2,1-2H3. The molecule has 0 atom stereocenters. The van der Waals surface area contributed by atoms with Crippen LogP contribution < -0.4 is 9.50 Å². The molecular formula is C18H20F3NO3S. The van der Waals surface area contributed by atoms with E-state index in [1.165, 1.54) is 12.1 Å². The van der Waals surface area contributed by atoms with Crippen molar-refractivity contribution < 1.29 is 25.8 Å². The van der Waals surface area contributed by atoms with Gasteiger partial charge in [0.15, 0.2) is 0 Å². The zero-order valence-corrected chi connectivity index (χ0v) is 15.2. The van der Waals surface area contributed by atoms with E-state index in [1.54, 1.807) is 12.1 Å². The first-order chi connectivity index (χ1) is 12.1. The van der Waals surface area contributed by atoms with Crippen LogP contribution in [0.1, 0.15) is 25.0 Å². The molecule has 0 saturated carbocycles. The summed E-state index contributed by atoms with van der Waals surface area (Å²) in [6.07, 6.45) is -4.63. The lowest BCUT2D eigenvalue weighted by Crippen LogP contribution is -2.18. The summed E-state index contributed by atoms with van der Waals surface area (Å²) in [6, 6.07) is 9.79. The van der Waals surface area contributed by atoms with Crippen LogP contribution in [-0.4, -0.2) is 15.0 Å². The van der Waals surface area contributed by atoms with Crippen LogP contribution in [0.25, 0.3) is 0 Å². The van der Waals surface area contributed by atoms with Gasteiger partial charge in [-0.25, -0.2) is 0 Å². The van der Waals surface area contributed by atoms with Crippen molar-refractivity contribution >= 4 is 10.1 Å². The highest BCUT2D eigenvalue weighted by atomic mass is 32.2. The second-order valence-electron chi connectivity index (χ2n) is 6.23. The molecule has 0 saturated heterocycles. The molecule has 0 radical (unpaired) electrons. The number of benzene rings is 2. The predicted octanol–water partition coefficient (Wildman–Crippen LogP) is 4.22. The first kappa shape index (κ1) is 20.3. The molecule has 0 fully saturated rings. The van der Waals surface area contributed by atoms with Gasteiger partial charge in [0.25, 0.3) is 0 Å². The van der Waals surface area contributed by atoms with E-state index < -0.39 is 26.8 Å². The minimum atomic E-state index is -4.63. The average molecular weight is 387 g/mol. The first-order valence-corrected chi connectivity index (χ1v) is 9.40. The SMILES string of the molecule is CC(C)CNCc1ccc(OS(=O)(=O)c2cccc(C(F)(F)F)c2)cc1. The topological polar surface area (TPSA) is 55.4 Å². The lowest BCUT2D eigenvalue weighted by molar-refractivity contribution is -0.137. The summed E-state index contributed by atoms with van der Waals surface area (Å²) in [5.41, 5.74) is -0.108. The van der Waals surface area contributed by atoms with E-state index in [9.17, 15) is 21.6 Å². The fraction of sp³-hybridized carbons (Fsp3) is 0.333. The largest absolute Gasteiger partial charge is 0.416 e. The van der Waals surface area contributed by atoms with Gasteiger partial charge in [-0.05, 0) is 48.4 Å². The Bertz CT molecular complexity index is 832.